The molecule has 0 spiro atoms. The van der Waals surface area contributed by atoms with Gasteiger partial charge in [0.25, 0.3) is 0 Å². The van der Waals surface area contributed by atoms with Crippen LogP contribution in [-0.2, 0) is 6.42 Å². The minimum absolute atomic E-state index is 0.0852. The minimum atomic E-state index is -0.204. The first-order valence-electron chi connectivity index (χ1n) is 7.21. The standard InChI is InChI=1S/C18H22FN/c1-4-5-15-7-9-16(10-8-15)14(3)20-18-12-13(2)6-11-17(18)19/h6-12,14,20H,4-5H2,1-3H3. The van der Waals surface area contributed by atoms with E-state index in [4.69, 9.17) is 0 Å². The predicted molar refractivity (Wildman–Crippen MR) is 83.6 cm³/mol. The molecule has 20 heavy (non-hydrogen) atoms. The Bertz CT molecular complexity index is 560. The molecule has 0 aliphatic heterocycles. The Hall–Kier alpha value is -1.83. The van der Waals surface area contributed by atoms with E-state index in [1.165, 1.54) is 17.2 Å². The molecule has 0 heterocycles. The van der Waals surface area contributed by atoms with Crippen LogP contribution in [0.3, 0.4) is 0 Å². The molecule has 2 aromatic rings. The first-order chi connectivity index (χ1) is 9.60. The van der Waals surface area contributed by atoms with E-state index in [0.29, 0.717) is 5.69 Å². The molecular weight excluding hydrogens is 249 g/mol. The van der Waals surface area contributed by atoms with Gasteiger partial charge in [0.1, 0.15) is 5.82 Å². The SMILES string of the molecule is CCCc1ccc(C(C)Nc2cc(C)ccc2F)cc1. The summed E-state index contributed by atoms with van der Waals surface area (Å²) in [7, 11) is 0. The van der Waals surface area contributed by atoms with Crippen LogP contribution in [0.15, 0.2) is 42.5 Å². The molecule has 2 aromatic carbocycles. The third kappa shape index (κ3) is 3.60. The number of anilines is 1. The van der Waals surface area contributed by atoms with Gasteiger partial charge in [-0.2, -0.15) is 0 Å². The number of nitrogens with one attached hydrogen (secondary N) is 1. The largest absolute Gasteiger partial charge is 0.376 e. The molecule has 106 valence electrons. The monoisotopic (exact) mass is 271 g/mol. The first kappa shape index (κ1) is 14.6. The molecule has 2 rings (SSSR count). The maximum Gasteiger partial charge on any atom is 0.146 e. The van der Waals surface area contributed by atoms with Gasteiger partial charge < -0.3 is 5.32 Å². The molecule has 1 N–H and O–H groups in total. The minimum Gasteiger partial charge on any atom is -0.376 e. The van der Waals surface area contributed by atoms with Crippen LogP contribution < -0.4 is 5.32 Å². The van der Waals surface area contributed by atoms with Crippen LogP contribution in [0, 0.1) is 12.7 Å². The van der Waals surface area contributed by atoms with Crippen LogP contribution in [0.5, 0.6) is 0 Å². The van der Waals surface area contributed by atoms with Crippen molar-refractivity contribution in [1.82, 2.24) is 0 Å². The highest BCUT2D eigenvalue weighted by atomic mass is 19.1. The Labute approximate surface area is 120 Å². The predicted octanol–water partition coefficient (Wildman–Crippen LogP) is 5.26. The third-order valence-corrected chi connectivity index (χ3v) is 3.51. The highest BCUT2D eigenvalue weighted by Gasteiger charge is 2.08. The lowest BCUT2D eigenvalue weighted by molar-refractivity contribution is 0.627. The molecule has 1 nitrogen and oxygen atoms in total. The summed E-state index contributed by atoms with van der Waals surface area (Å²) in [6, 6.07) is 13.8. The van der Waals surface area contributed by atoms with Crippen LogP contribution in [0.2, 0.25) is 0 Å². The Morgan fingerprint density at radius 2 is 1.80 bits per heavy atom. The van der Waals surface area contributed by atoms with Gasteiger partial charge in [0, 0.05) is 6.04 Å². The molecule has 0 aliphatic rings. The van der Waals surface area contributed by atoms with Crippen LogP contribution in [0.25, 0.3) is 0 Å². The molecule has 0 amide bonds. The van der Waals surface area contributed by atoms with E-state index in [9.17, 15) is 4.39 Å². The Kier molecular flexibility index (Phi) is 4.78. The van der Waals surface area contributed by atoms with E-state index < -0.39 is 0 Å². The van der Waals surface area contributed by atoms with Gasteiger partial charge in [-0.3, -0.25) is 0 Å². The second-order valence-electron chi connectivity index (χ2n) is 5.34. The fraction of sp³-hybridized carbons (Fsp3) is 0.333. The van der Waals surface area contributed by atoms with Crippen LogP contribution >= 0.6 is 0 Å². The topological polar surface area (TPSA) is 12.0 Å². The van der Waals surface area contributed by atoms with E-state index >= 15 is 0 Å². The normalized spacial score (nSPS) is 12.2. The quantitative estimate of drug-likeness (QED) is 0.782. The van der Waals surface area contributed by atoms with Crippen molar-refractivity contribution in [2.75, 3.05) is 5.32 Å². The van der Waals surface area contributed by atoms with Gasteiger partial charge in [-0.1, -0.05) is 43.7 Å². The zero-order chi connectivity index (χ0) is 14.5. The first-order valence-corrected chi connectivity index (χ1v) is 7.21. The fourth-order valence-corrected chi connectivity index (χ4v) is 2.33. The molecule has 0 bridgehead atoms. The summed E-state index contributed by atoms with van der Waals surface area (Å²) >= 11 is 0. The fourth-order valence-electron chi connectivity index (χ4n) is 2.33. The van der Waals surface area contributed by atoms with Gasteiger partial charge >= 0.3 is 0 Å². The van der Waals surface area contributed by atoms with Crippen molar-refractivity contribution in [1.29, 1.82) is 0 Å². The number of rotatable bonds is 5. The lowest BCUT2D eigenvalue weighted by Gasteiger charge is -2.17. The molecule has 0 saturated heterocycles. The summed E-state index contributed by atoms with van der Waals surface area (Å²) < 4.78 is 13.7. The van der Waals surface area contributed by atoms with Gasteiger partial charge in [-0.15, -0.1) is 0 Å². The molecule has 1 atom stereocenters. The van der Waals surface area contributed by atoms with Gasteiger partial charge in [0.2, 0.25) is 0 Å². The summed E-state index contributed by atoms with van der Waals surface area (Å²) in [5.74, 6) is -0.204. The molecule has 0 radical (unpaired) electrons. The lowest BCUT2D eigenvalue weighted by Crippen LogP contribution is -2.08. The van der Waals surface area contributed by atoms with E-state index in [2.05, 4.69) is 43.4 Å². The van der Waals surface area contributed by atoms with Crippen molar-refractivity contribution in [3.63, 3.8) is 0 Å². The number of aryl methyl sites for hydroxylation is 2. The smallest absolute Gasteiger partial charge is 0.146 e. The Morgan fingerprint density at radius 3 is 2.45 bits per heavy atom. The molecule has 0 saturated carbocycles. The van der Waals surface area contributed by atoms with Gasteiger partial charge in [-0.05, 0) is 49.1 Å². The Balaban J connectivity index is 2.11. The molecule has 0 aliphatic carbocycles. The van der Waals surface area contributed by atoms with E-state index in [1.807, 2.05) is 13.0 Å². The second-order valence-corrected chi connectivity index (χ2v) is 5.34. The van der Waals surface area contributed by atoms with E-state index in [0.717, 1.165) is 18.4 Å². The van der Waals surface area contributed by atoms with Gasteiger partial charge in [-0.25, -0.2) is 4.39 Å². The van der Waals surface area contributed by atoms with Crippen LogP contribution in [0.4, 0.5) is 10.1 Å². The summed E-state index contributed by atoms with van der Waals surface area (Å²) in [6.07, 6.45) is 2.26. The maximum absolute atomic E-state index is 13.7. The summed E-state index contributed by atoms with van der Waals surface area (Å²) in [4.78, 5) is 0. The molecule has 1 unspecified atom stereocenters. The maximum atomic E-state index is 13.7. The second kappa shape index (κ2) is 6.56. The lowest BCUT2D eigenvalue weighted by atomic mass is 10.0. The summed E-state index contributed by atoms with van der Waals surface area (Å²) in [5, 5.41) is 3.24. The van der Waals surface area contributed by atoms with Crippen molar-refractivity contribution in [3.05, 3.63) is 65.0 Å². The molecular formula is C18H22FN. The van der Waals surface area contributed by atoms with Crippen molar-refractivity contribution in [2.45, 2.75) is 39.7 Å². The van der Waals surface area contributed by atoms with Crippen molar-refractivity contribution < 1.29 is 4.39 Å². The number of hydrogen-bond acceptors (Lipinski definition) is 1. The average Bonchev–Trinajstić information content (AvgIpc) is 2.44. The van der Waals surface area contributed by atoms with Gasteiger partial charge in [0.15, 0.2) is 0 Å². The number of benzene rings is 2. The molecule has 2 heteroatoms. The third-order valence-electron chi connectivity index (χ3n) is 3.51. The molecule has 0 fully saturated rings. The zero-order valence-corrected chi connectivity index (χ0v) is 12.4. The van der Waals surface area contributed by atoms with Gasteiger partial charge in [0.05, 0.1) is 5.69 Å². The highest BCUT2D eigenvalue weighted by Crippen LogP contribution is 2.23. The van der Waals surface area contributed by atoms with Crippen molar-refractivity contribution >= 4 is 5.69 Å². The number of hydrogen-bond donors (Lipinski definition) is 1. The number of halogens is 1. The van der Waals surface area contributed by atoms with Crippen molar-refractivity contribution in [2.24, 2.45) is 0 Å². The van der Waals surface area contributed by atoms with E-state index in [1.54, 1.807) is 6.07 Å². The van der Waals surface area contributed by atoms with Crippen LogP contribution in [0.1, 0.15) is 43.0 Å². The zero-order valence-electron chi connectivity index (χ0n) is 12.4. The van der Waals surface area contributed by atoms with E-state index in [-0.39, 0.29) is 11.9 Å². The summed E-state index contributed by atoms with van der Waals surface area (Å²) in [5.41, 5.74) is 4.14. The molecule has 0 aromatic heterocycles. The Morgan fingerprint density at radius 1 is 1.10 bits per heavy atom. The van der Waals surface area contributed by atoms with Crippen molar-refractivity contribution in [3.8, 4) is 0 Å². The van der Waals surface area contributed by atoms with Crippen LogP contribution in [-0.4, -0.2) is 0 Å². The summed E-state index contributed by atoms with van der Waals surface area (Å²) in [6.45, 7) is 6.20. The average molecular weight is 271 g/mol. The highest BCUT2D eigenvalue weighted by molar-refractivity contribution is 5.49.